The van der Waals surface area contributed by atoms with Crippen molar-refractivity contribution >= 4 is 103 Å². The van der Waals surface area contributed by atoms with Gasteiger partial charge in [0, 0.05) is 42.7 Å². The van der Waals surface area contributed by atoms with Crippen molar-refractivity contribution in [3.63, 3.8) is 0 Å². The normalized spacial score (nSPS) is 11.4. The summed E-state index contributed by atoms with van der Waals surface area (Å²) in [5.41, 5.74) is 16.2. The second-order valence-corrected chi connectivity index (χ2v) is 21.0. The first-order valence-electron chi connectivity index (χ1n) is 26.9. The van der Waals surface area contributed by atoms with Gasteiger partial charge in [-0.25, -0.2) is 0 Å². The third kappa shape index (κ3) is 8.62. The Morgan fingerprint density at radius 3 is 0.810 bits per heavy atom. The molecule has 0 amide bonds. The fourth-order valence-electron chi connectivity index (χ4n) is 12.1. The molecular weight excluding hydrogens is 1020 g/mol. The van der Waals surface area contributed by atoms with Crippen molar-refractivity contribution in [3.05, 3.63) is 308 Å². The van der Waals surface area contributed by atoms with Crippen LogP contribution in [0.5, 0.6) is 0 Å². The molecule has 0 saturated carbocycles. The van der Waals surface area contributed by atoms with E-state index in [4.69, 9.17) is 0 Å². The second-order valence-electron chi connectivity index (χ2n) is 20.1. The van der Waals surface area contributed by atoms with Crippen LogP contribution in [-0.2, 0) is 0 Å². The van der Waals surface area contributed by atoms with Gasteiger partial charge in [-0.05, 0) is 136 Å². The lowest BCUT2D eigenvalue weighted by atomic mass is 9.86. The average molecular weight is 1070 g/mol. The van der Waals surface area contributed by atoms with E-state index in [0.29, 0.717) is 0 Å². The van der Waals surface area contributed by atoms with Crippen molar-refractivity contribution < 1.29 is 0 Å². The highest BCUT2D eigenvalue weighted by molar-refractivity contribution is 9.10. The second kappa shape index (κ2) is 20.6. The molecule has 0 aliphatic rings. The molecule has 2 nitrogen and oxygen atoms in total. The summed E-state index contributed by atoms with van der Waals surface area (Å²) in [7, 11) is 0. The zero-order chi connectivity index (χ0) is 52.7. The zero-order valence-corrected chi connectivity index (χ0v) is 44.8. The lowest BCUT2D eigenvalue weighted by Gasteiger charge is -2.18. The van der Waals surface area contributed by atoms with Gasteiger partial charge in [0.05, 0.1) is 11.0 Å². The van der Waals surface area contributed by atoms with Gasteiger partial charge in [0.25, 0.3) is 0 Å². The van der Waals surface area contributed by atoms with E-state index < -0.39 is 0 Å². The van der Waals surface area contributed by atoms with Crippen LogP contribution in [0, 0.1) is 0 Å². The zero-order valence-electron chi connectivity index (χ0n) is 43.2. The lowest BCUT2D eigenvalue weighted by Crippen LogP contribution is -1.94. The lowest BCUT2D eigenvalue weighted by molar-refractivity contribution is 1.18. The van der Waals surface area contributed by atoms with E-state index in [1.54, 1.807) is 0 Å². The summed E-state index contributed by atoms with van der Waals surface area (Å²) in [4.78, 5) is 3.38. The van der Waals surface area contributed by atoms with Crippen LogP contribution >= 0.6 is 15.9 Å². The first-order valence-corrected chi connectivity index (χ1v) is 27.7. The Hall–Kier alpha value is -9.80. The highest BCUT2D eigenvalue weighted by atomic mass is 79.9. The van der Waals surface area contributed by atoms with Gasteiger partial charge in [0.2, 0.25) is 0 Å². The number of halogens is 1. The molecule has 16 rings (SSSR count). The topological polar surface area (TPSA) is 20.7 Å². The number of para-hydroxylation sites is 4. The molecule has 2 heterocycles. The van der Waals surface area contributed by atoms with Crippen LogP contribution in [0.15, 0.2) is 308 Å². The highest BCUT2D eigenvalue weighted by Gasteiger charge is 2.19. The quantitative estimate of drug-likeness (QED) is 0.166. The first-order chi connectivity index (χ1) is 39.2. The van der Waals surface area contributed by atoms with Crippen LogP contribution in [0.4, 0.5) is 0 Å². The van der Waals surface area contributed by atoms with E-state index in [0.717, 1.165) is 4.47 Å². The van der Waals surface area contributed by atoms with Crippen LogP contribution < -0.4 is 0 Å². The molecule has 0 radical (unpaired) electrons. The number of aromatic amines is 1. The smallest absolute Gasteiger partial charge is 0.0541 e. The van der Waals surface area contributed by atoms with Crippen molar-refractivity contribution in [3.8, 4) is 50.2 Å². The highest BCUT2D eigenvalue weighted by Crippen LogP contribution is 2.46. The number of rotatable bonds is 5. The predicted octanol–water partition coefficient (Wildman–Crippen LogP) is 21.8. The van der Waals surface area contributed by atoms with Gasteiger partial charge in [0.15, 0.2) is 0 Å². The minimum atomic E-state index is 1.10. The molecule has 0 fully saturated rings. The van der Waals surface area contributed by atoms with Crippen LogP contribution in [0.2, 0.25) is 0 Å². The summed E-state index contributed by atoms with van der Waals surface area (Å²) in [6.45, 7) is 0. The Morgan fingerprint density at radius 1 is 0.215 bits per heavy atom. The van der Waals surface area contributed by atoms with Gasteiger partial charge in [-0.2, -0.15) is 0 Å². The molecule has 0 saturated heterocycles. The Kier molecular flexibility index (Phi) is 12.4. The molecule has 1 N–H and O–H groups in total. The molecule has 2 aromatic heterocycles. The van der Waals surface area contributed by atoms with Gasteiger partial charge in [0.1, 0.15) is 0 Å². The summed E-state index contributed by atoms with van der Waals surface area (Å²) in [6.07, 6.45) is 0. The number of aromatic nitrogens is 2. The van der Waals surface area contributed by atoms with Crippen molar-refractivity contribution in [1.82, 2.24) is 9.55 Å². The van der Waals surface area contributed by atoms with E-state index in [1.165, 1.54) is 137 Å². The Balaban J connectivity index is 0.000000121. The molecule has 0 aliphatic carbocycles. The van der Waals surface area contributed by atoms with E-state index in [1.807, 2.05) is 0 Å². The summed E-state index contributed by atoms with van der Waals surface area (Å²) in [5.74, 6) is 0. The molecule has 14 aromatic carbocycles. The molecule has 0 unspecified atom stereocenters. The number of fused-ring (bicyclic) bond motifs is 10. The monoisotopic (exact) mass is 1070 g/mol. The third-order valence-electron chi connectivity index (χ3n) is 15.5. The maximum Gasteiger partial charge on any atom is 0.0541 e. The van der Waals surface area contributed by atoms with Crippen molar-refractivity contribution in [1.29, 1.82) is 0 Å². The molecule has 0 atom stereocenters. The van der Waals surface area contributed by atoms with Gasteiger partial charge >= 0.3 is 0 Å². The number of hydrogen-bond donors (Lipinski definition) is 1. The minimum absolute atomic E-state index is 1.10. The van der Waals surface area contributed by atoms with Crippen molar-refractivity contribution in [2.45, 2.75) is 0 Å². The van der Waals surface area contributed by atoms with E-state index in [-0.39, 0.29) is 0 Å². The molecule has 0 aliphatic heterocycles. The van der Waals surface area contributed by atoms with Gasteiger partial charge in [-0.15, -0.1) is 0 Å². The summed E-state index contributed by atoms with van der Waals surface area (Å²) in [5, 5.41) is 15.5. The molecular formula is C76H51BrN2. The molecule has 0 spiro atoms. The standard InChI is InChI=1S/C38H25N.C26H17Br.C12H9N/c1-2-12-26(13-3-1)37-31-16-4-6-18-33(31)38(34-19-7-5-17-32(34)37)27-22-24-28(25-23-27)39-35-20-10-8-14-29(35)30-15-9-11-21-36(30)39;27-20-16-14-19(15-17-20)26-23-12-6-4-10-21(23)25(18-8-2-1-3-9-18)22-11-5-7-13-24(22)26;1-3-7-11-9(5-1)10-6-2-4-8-12(10)13-11/h1-25H;1-17H;1-8,13H. The van der Waals surface area contributed by atoms with Gasteiger partial charge in [-0.3, -0.25) is 0 Å². The molecule has 0 bridgehead atoms. The van der Waals surface area contributed by atoms with Crippen LogP contribution in [0.25, 0.3) is 137 Å². The average Bonchev–Trinajstić information content (AvgIpc) is 4.17. The fourth-order valence-corrected chi connectivity index (χ4v) is 12.4. The SMILES string of the molecule is Brc1ccc(-c2c3ccccc3c(-c3ccccc3)c3ccccc23)cc1.c1ccc(-c2c3ccccc3c(-c3ccc(-n4c5ccccc5c5ccccc54)cc3)c3ccccc23)cc1.c1ccc2c(c1)[nH]c1ccccc12. The maximum atomic E-state index is 3.56. The predicted molar refractivity (Wildman–Crippen MR) is 342 cm³/mol. The number of H-pyrrole nitrogens is 1. The van der Waals surface area contributed by atoms with Crippen LogP contribution in [-0.4, -0.2) is 9.55 Å². The number of nitrogens with one attached hydrogen (secondary N) is 1. The number of benzene rings is 14. The maximum absolute atomic E-state index is 3.56. The van der Waals surface area contributed by atoms with Gasteiger partial charge < -0.3 is 9.55 Å². The first kappa shape index (κ1) is 47.6. The fraction of sp³-hybridized carbons (Fsp3) is 0. The van der Waals surface area contributed by atoms with Gasteiger partial charge in [-0.1, -0.05) is 271 Å². The number of hydrogen-bond acceptors (Lipinski definition) is 0. The van der Waals surface area contributed by atoms with Crippen LogP contribution in [0.1, 0.15) is 0 Å². The Labute approximate surface area is 467 Å². The summed E-state index contributed by atoms with van der Waals surface area (Å²) in [6, 6.07) is 108. The Morgan fingerprint density at radius 2 is 0.468 bits per heavy atom. The van der Waals surface area contributed by atoms with Crippen molar-refractivity contribution in [2.24, 2.45) is 0 Å². The number of nitrogens with zero attached hydrogens (tertiary/aromatic N) is 1. The summed E-state index contributed by atoms with van der Waals surface area (Å²) >= 11 is 3.56. The molecule has 372 valence electrons. The van der Waals surface area contributed by atoms with Crippen LogP contribution in [0.3, 0.4) is 0 Å². The van der Waals surface area contributed by atoms with E-state index >= 15 is 0 Å². The molecule has 16 aromatic rings. The third-order valence-corrected chi connectivity index (χ3v) is 16.1. The minimum Gasteiger partial charge on any atom is -0.355 e. The molecule has 3 heteroatoms. The van der Waals surface area contributed by atoms with E-state index in [2.05, 4.69) is 329 Å². The van der Waals surface area contributed by atoms with E-state index in [9.17, 15) is 0 Å². The Bertz CT molecular complexity index is 4660. The largest absolute Gasteiger partial charge is 0.355 e. The summed E-state index contributed by atoms with van der Waals surface area (Å²) < 4.78 is 3.48. The molecule has 79 heavy (non-hydrogen) atoms. The van der Waals surface area contributed by atoms with Crippen molar-refractivity contribution in [2.75, 3.05) is 0 Å².